The van der Waals surface area contributed by atoms with E-state index in [1.54, 1.807) is 23.7 Å². The second-order valence-corrected chi connectivity index (χ2v) is 5.93. The van der Waals surface area contributed by atoms with Gasteiger partial charge in [0.05, 0.1) is 5.56 Å². The van der Waals surface area contributed by atoms with Crippen molar-refractivity contribution in [1.29, 1.82) is 0 Å². The zero-order valence-corrected chi connectivity index (χ0v) is 11.9. The van der Waals surface area contributed by atoms with Crippen molar-refractivity contribution in [3.05, 3.63) is 66.0 Å². The first-order valence-corrected chi connectivity index (χ1v) is 7.43. The Morgan fingerprint density at radius 3 is 2.52 bits per heavy atom. The monoisotopic (exact) mass is 293 g/mol. The summed E-state index contributed by atoms with van der Waals surface area (Å²) < 4.78 is 5.05. The fraction of sp³-hybridized carbons (Fsp3) is 0.0588. The zero-order chi connectivity index (χ0) is 14.2. The predicted octanol–water partition coefficient (Wildman–Crippen LogP) is 4.15. The summed E-state index contributed by atoms with van der Waals surface area (Å²) in [6.07, 6.45) is 3.60. The van der Waals surface area contributed by atoms with Gasteiger partial charge in [0.25, 0.3) is 0 Å². The first-order chi connectivity index (χ1) is 10.3. The van der Waals surface area contributed by atoms with Crippen LogP contribution in [0.2, 0.25) is 0 Å². The number of carbonyl (C=O) groups is 1. The molecule has 1 aliphatic heterocycles. The first kappa shape index (κ1) is 12.3. The van der Waals surface area contributed by atoms with Crippen LogP contribution in [0.3, 0.4) is 0 Å². The van der Waals surface area contributed by atoms with E-state index < -0.39 is 0 Å². The van der Waals surface area contributed by atoms with Crippen LogP contribution in [0.1, 0.15) is 15.9 Å². The normalized spacial score (nSPS) is 13.0. The maximum atomic E-state index is 11.5. The molecule has 0 N–H and O–H groups in total. The number of hydrogen-bond donors (Lipinski definition) is 0. The van der Waals surface area contributed by atoms with Gasteiger partial charge in [-0.3, -0.25) is 4.98 Å². The number of benzene rings is 1. The Morgan fingerprint density at radius 2 is 1.71 bits per heavy atom. The summed E-state index contributed by atoms with van der Waals surface area (Å²) in [4.78, 5) is 17.9. The van der Waals surface area contributed by atoms with Crippen molar-refractivity contribution in [1.82, 2.24) is 4.98 Å². The molecule has 0 amide bonds. The molecule has 0 atom stereocenters. The zero-order valence-electron chi connectivity index (χ0n) is 11.1. The van der Waals surface area contributed by atoms with Crippen molar-refractivity contribution < 1.29 is 9.53 Å². The largest absolute Gasteiger partial charge is 0.457 e. The number of fused-ring (bicyclic) bond motifs is 1. The van der Waals surface area contributed by atoms with Gasteiger partial charge in [0.2, 0.25) is 0 Å². The van der Waals surface area contributed by atoms with Crippen LogP contribution >= 0.6 is 11.3 Å². The predicted molar refractivity (Wildman–Crippen MR) is 82.1 cm³/mol. The average Bonchev–Trinajstić information content (AvgIpc) is 3.15. The number of carbonyl (C=O) groups excluding carboxylic acids is 1. The van der Waals surface area contributed by atoms with Gasteiger partial charge in [-0.05, 0) is 47.5 Å². The van der Waals surface area contributed by atoms with E-state index in [-0.39, 0.29) is 5.97 Å². The van der Waals surface area contributed by atoms with Crippen LogP contribution in [-0.4, -0.2) is 11.0 Å². The Morgan fingerprint density at radius 1 is 0.952 bits per heavy atom. The number of pyridine rings is 1. The van der Waals surface area contributed by atoms with Gasteiger partial charge in [-0.1, -0.05) is 6.07 Å². The summed E-state index contributed by atoms with van der Waals surface area (Å²) in [5, 5.41) is 0. The minimum absolute atomic E-state index is 0.222. The molecular weight excluding hydrogens is 282 g/mol. The van der Waals surface area contributed by atoms with Crippen molar-refractivity contribution in [2.75, 3.05) is 0 Å². The van der Waals surface area contributed by atoms with Crippen molar-refractivity contribution in [3.63, 3.8) is 0 Å². The molecule has 0 spiro atoms. The van der Waals surface area contributed by atoms with Crippen molar-refractivity contribution in [3.8, 4) is 20.9 Å². The van der Waals surface area contributed by atoms with Crippen LogP contribution in [0.5, 0.6) is 0 Å². The van der Waals surface area contributed by atoms with Crippen LogP contribution in [0.15, 0.2) is 54.9 Å². The van der Waals surface area contributed by atoms with Gasteiger partial charge in [-0.15, -0.1) is 11.3 Å². The maximum Gasteiger partial charge on any atom is 0.338 e. The van der Waals surface area contributed by atoms with Gasteiger partial charge in [-0.2, -0.15) is 0 Å². The summed E-state index contributed by atoms with van der Waals surface area (Å²) >= 11 is 1.73. The second-order valence-electron chi connectivity index (χ2n) is 4.85. The van der Waals surface area contributed by atoms with Crippen molar-refractivity contribution in [2.45, 2.75) is 6.61 Å². The fourth-order valence-electron chi connectivity index (χ4n) is 2.45. The molecule has 21 heavy (non-hydrogen) atoms. The molecule has 0 unspecified atom stereocenters. The molecule has 4 rings (SSSR count). The summed E-state index contributed by atoms with van der Waals surface area (Å²) in [6, 6.07) is 14.1. The third kappa shape index (κ3) is 2.14. The minimum Gasteiger partial charge on any atom is -0.457 e. The van der Waals surface area contributed by atoms with Gasteiger partial charge in [-0.25, -0.2) is 4.79 Å². The minimum atomic E-state index is -0.222. The smallest absolute Gasteiger partial charge is 0.338 e. The summed E-state index contributed by atoms with van der Waals surface area (Å²) in [5.74, 6) is -0.222. The molecule has 0 aliphatic carbocycles. The number of cyclic esters (lactones) is 1. The van der Waals surface area contributed by atoms with E-state index in [1.165, 1.54) is 15.3 Å². The molecule has 0 saturated heterocycles. The molecule has 2 aromatic heterocycles. The Bertz CT molecular complexity index is 824. The van der Waals surface area contributed by atoms with Gasteiger partial charge >= 0.3 is 5.97 Å². The number of nitrogens with zero attached hydrogens (tertiary/aromatic N) is 1. The van der Waals surface area contributed by atoms with Gasteiger partial charge in [0.15, 0.2) is 0 Å². The Hall–Kier alpha value is -2.46. The molecule has 0 bridgehead atoms. The molecule has 102 valence electrons. The molecule has 0 fully saturated rings. The standard InChI is InChI=1S/C17H11NO2S/c19-17-14-2-1-12(9-13(14)10-20-17)16-4-3-15(21-16)11-5-7-18-8-6-11/h1-9H,10H2. The van der Waals surface area contributed by atoms with Crippen LogP contribution in [0.4, 0.5) is 0 Å². The van der Waals surface area contributed by atoms with E-state index in [9.17, 15) is 4.79 Å². The first-order valence-electron chi connectivity index (χ1n) is 6.62. The third-order valence-corrected chi connectivity index (χ3v) is 4.72. The van der Waals surface area contributed by atoms with Crippen LogP contribution in [0, 0.1) is 0 Å². The summed E-state index contributed by atoms with van der Waals surface area (Å²) in [6.45, 7) is 0.380. The maximum absolute atomic E-state index is 11.5. The van der Waals surface area contributed by atoms with Crippen LogP contribution in [-0.2, 0) is 11.3 Å². The van der Waals surface area contributed by atoms with E-state index >= 15 is 0 Å². The number of aromatic nitrogens is 1. The highest BCUT2D eigenvalue weighted by Gasteiger charge is 2.21. The second kappa shape index (κ2) is 4.82. The van der Waals surface area contributed by atoms with E-state index in [0.717, 1.165) is 11.1 Å². The highest BCUT2D eigenvalue weighted by atomic mass is 32.1. The molecule has 1 aromatic carbocycles. The fourth-order valence-corrected chi connectivity index (χ4v) is 3.46. The molecule has 3 nitrogen and oxygen atoms in total. The lowest BCUT2D eigenvalue weighted by molar-refractivity contribution is 0.0535. The van der Waals surface area contributed by atoms with E-state index in [0.29, 0.717) is 12.2 Å². The molecule has 1 aliphatic rings. The number of thiophene rings is 1. The average molecular weight is 293 g/mol. The number of rotatable bonds is 2. The van der Waals surface area contributed by atoms with Crippen LogP contribution in [0.25, 0.3) is 20.9 Å². The molecule has 0 saturated carbocycles. The quantitative estimate of drug-likeness (QED) is 0.666. The molecule has 0 radical (unpaired) electrons. The summed E-state index contributed by atoms with van der Waals surface area (Å²) in [5.41, 5.74) is 3.94. The van der Waals surface area contributed by atoms with Crippen LogP contribution < -0.4 is 0 Å². The molecular formula is C17H11NO2S. The lowest BCUT2D eigenvalue weighted by Gasteiger charge is -2.00. The Balaban J connectivity index is 1.72. The lowest BCUT2D eigenvalue weighted by Crippen LogP contribution is -1.92. The number of esters is 1. The SMILES string of the molecule is O=C1OCc2cc(-c3ccc(-c4ccncc4)s3)ccc21. The third-order valence-electron chi connectivity index (χ3n) is 3.54. The van der Waals surface area contributed by atoms with E-state index in [4.69, 9.17) is 4.74 Å². The van der Waals surface area contributed by atoms with Gasteiger partial charge in [0.1, 0.15) is 6.61 Å². The molecule has 4 heteroatoms. The Labute approximate surface area is 125 Å². The summed E-state index contributed by atoms with van der Waals surface area (Å²) in [7, 11) is 0. The number of hydrogen-bond acceptors (Lipinski definition) is 4. The highest BCUT2D eigenvalue weighted by molar-refractivity contribution is 7.18. The molecule has 3 aromatic rings. The lowest BCUT2D eigenvalue weighted by atomic mass is 10.1. The van der Waals surface area contributed by atoms with Gasteiger partial charge < -0.3 is 4.74 Å². The van der Waals surface area contributed by atoms with E-state index in [1.807, 2.05) is 30.3 Å². The van der Waals surface area contributed by atoms with E-state index in [2.05, 4.69) is 17.1 Å². The highest BCUT2D eigenvalue weighted by Crippen LogP contribution is 2.35. The van der Waals surface area contributed by atoms with Gasteiger partial charge in [0, 0.05) is 27.7 Å². The Kier molecular flexibility index (Phi) is 2.82. The van der Waals surface area contributed by atoms with Crippen molar-refractivity contribution >= 4 is 17.3 Å². The topological polar surface area (TPSA) is 39.2 Å². The number of ether oxygens (including phenoxy) is 1. The van der Waals surface area contributed by atoms with Crippen molar-refractivity contribution in [2.24, 2.45) is 0 Å². The molecule has 3 heterocycles.